The lowest BCUT2D eigenvalue weighted by Crippen LogP contribution is -2.39. The molecule has 222 valence electrons. The fourth-order valence-corrected chi connectivity index (χ4v) is 5.56. The number of esters is 1. The molecule has 3 aromatic carbocycles. The molecule has 0 fully saturated rings. The number of unbranched alkanes of at least 4 members (excludes halogenated alkanes) is 1. The summed E-state index contributed by atoms with van der Waals surface area (Å²) in [5.74, 6) is -0.0717. The summed E-state index contributed by atoms with van der Waals surface area (Å²) in [4.78, 5) is 40.5. The lowest BCUT2D eigenvalue weighted by molar-refractivity contribution is -0.142. The van der Waals surface area contributed by atoms with Crippen LogP contribution in [0.5, 0.6) is 5.75 Å². The van der Waals surface area contributed by atoms with Gasteiger partial charge in [0.25, 0.3) is 0 Å². The highest BCUT2D eigenvalue weighted by Crippen LogP contribution is 2.28. The number of benzene rings is 3. The Morgan fingerprint density at radius 3 is 2.26 bits per heavy atom. The van der Waals surface area contributed by atoms with E-state index in [1.165, 1.54) is 0 Å². The van der Waals surface area contributed by atoms with Crippen LogP contribution in [0.2, 0.25) is 0 Å². The fraction of sp³-hybridized carbons (Fsp3) is 0.382. The van der Waals surface area contributed by atoms with Crippen LogP contribution in [-0.2, 0) is 14.3 Å². The zero-order chi connectivity index (χ0) is 30.5. The summed E-state index contributed by atoms with van der Waals surface area (Å²) in [6.07, 6.45) is 2.14. The van der Waals surface area contributed by atoms with E-state index in [4.69, 9.17) is 14.2 Å². The average molecular weight is 590 g/mol. The van der Waals surface area contributed by atoms with Crippen LogP contribution in [0.15, 0.2) is 71.5 Å². The van der Waals surface area contributed by atoms with Gasteiger partial charge in [0.2, 0.25) is 5.78 Å². The number of hydrogen-bond acceptors (Lipinski definition) is 8. The third-order valence-electron chi connectivity index (χ3n) is 7.21. The van der Waals surface area contributed by atoms with Gasteiger partial charge in [-0.05, 0) is 102 Å². The normalized spacial score (nSPS) is 12.0. The van der Waals surface area contributed by atoms with Crippen LogP contribution >= 0.6 is 11.3 Å². The molecular formula is C34H39NO6S. The Balaban J connectivity index is 1.22. The second-order valence-electron chi connectivity index (χ2n) is 11.7. The molecule has 42 heavy (non-hydrogen) atoms. The summed E-state index contributed by atoms with van der Waals surface area (Å²) in [5, 5.41) is 1.25. The Labute approximate surface area is 251 Å². The van der Waals surface area contributed by atoms with E-state index in [0.29, 0.717) is 41.5 Å². The van der Waals surface area contributed by atoms with E-state index in [-0.39, 0.29) is 23.8 Å². The first-order chi connectivity index (χ1) is 19.9. The quantitative estimate of drug-likeness (QED) is 0.0941. The van der Waals surface area contributed by atoms with Crippen molar-refractivity contribution in [1.29, 1.82) is 0 Å². The number of ketones is 1. The minimum Gasteiger partial charge on any atom is -0.486 e. The van der Waals surface area contributed by atoms with Gasteiger partial charge in [0.15, 0.2) is 5.43 Å². The maximum atomic E-state index is 13.0. The van der Waals surface area contributed by atoms with Crippen molar-refractivity contribution in [3.8, 4) is 5.75 Å². The number of hydrogen-bond donors (Lipinski definition) is 0. The Hall–Kier alpha value is -3.75. The van der Waals surface area contributed by atoms with Gasteiger partial charge in [0, 0.05) is 46.6 Å². The molecule has 1 aromatic heterocycles. The zero-order valence-corrected chi connectivity index (χ0v) is 26.0. The fourth-order valence-electron chi connectivity index (χ4n) is 4.51. The van der Waals surface area contributed by atoms with Crippen LogP contribution in [-0.4, -0.2) is 50.3 Å². The molecule has 0 atom stereocenters. The molecule has 0 spiro atoms. The number of nitrogens with zero attached hydrogens (tertiary/aromatic N) is 1. The predicted octanol–water partition coefficient (Wildman–Crippen LogP) is 7.03. The van der Waals surface area contributed by atoms with Gasteiger partial charge in [-0.25, -0.2) is 4.79 Å². The van der Waals surface area contributed by atoms with Gasteiger partial charge in [0.05, 0.1) is 5.56 Å². The van der Waals surface area contributed by atoms with Crippen molar-refractivity contribution in [1.82, 2.24) is 0 Å². The van der Waals surface area contributed by atoms with Gasteiger partial charge in [-0.3, -0.25) is 9.59 Å². The van der Waals surface area contributed by atoms with E-state index in [0.717, 1.165) is 21.5 Å². The number of rotatable bonds is 13. The van der Waals surface area contributed by atoms with Crippen LogP contribution in [0.25, 0.3) is 20.2 Å². The monoisotopic (exact) mass is 589 g/mol. The van der Waals surface area contributed by atoms with Crippen LogP contribution in [0, 0.1) is 0 Å². The Morgan fingerprint density at radius 2 is 1.55 bits per heavy atom. The Kier molecular flexibility index (Phi) is 9.69. The van der Waals surface area contributed by atoms with Crippen LogP contribution in [0.4, 0.5) is 5.69 Å². The van der Waals surface area contributed by atoms with Crippen molar-refractivity contribution in [2.75, 3.05) is 32.2 Å². The standard InChI is InChI=1S/C34H39NO6S/c1-33(2,41-32(38)23-13-15-24(16-14-23)35(5)6)19-9-10-20-40-34(3,4)30(36)22-39-25-17-18-29-27(21-25)31(37)26-11-7-8-12-28(26)42-29/h7-8,11-18,21H,9-10,19-20,22H2,1-6H3. The molecule has 0 radical (unpaired) electrons. The predicted molar refractivity (Wildman–Crippen MR) is 170 cm³/mol. The van der Waals surface area contributed by atoms with E-state index in [2.05, 4.69) is 0 Å². The van der Waals surface area contributed by atoms with Crippen molar-refractivity contribution < 1.29 is 23.8 Å². The molecule has 7 nitrogen and oxygen atoms in total. The van der Waals surface area contributed by atoms with Gasteiger partial charge in [-0.1, -0.05) is 12.1 Å². The van der Waals surface area contributed by atoms with Crippen molar-refractivity contribution in [3.05, 3.63) is 82.5 Å². The van der Waals surface area contributed by atoms with Gasteiger partial charge in [-0.2, -0.15) is 0 Å². The first kappa shape index (κ1) is 31.2. The maximum Gasteiger partial charge on any atom is 0.338 e. The van der Waals surface area contributed by atoms with E-state index in [1.54, 1.807) is 49.4 Å². The third-order valence-corrected chi connectivity index (χ3v) is 8.36. The molecule has 0 aliphatic carbocycles. The molecule has 0 bridgehead atoms. The number of carbonyl (C=O) groups is 2. The zero-order valence-electron chi connectivity index (χ0n) is 25.2. The second-order valence-corrected chi connectivity index (χ2v) is 12.8. The maximum absolute atomic E-state index is 13.0. The Morgan fingerprint density at radius 1 is 0.857 bits per heavy atom. The summed E-state index contributed by atoms with van der Waals surface area (Å²) in [7, 11) is 3.90. The molecule has 0 saturated carbocycles. The summed E-state index contributed by atoms with van der Waals surface area (Å²) >= 11 is 1.55. The SMILES string of the molecule is CN(C)c1ccc(C(=O)OC(C)(C)CCCCOC(C)(C)C(=O)COc2ccc3sc4ccccc4c(=O)c3c2)cc1. The van der Waals surface area contributed by atoms with Crippen LogP contribution < -0.4 is 15.1 Å². The summed E-state index contributed by atoms with van der Waals surface area (Å²) in [6, 6.07) is 20.2. The van der Waals surface area contributed by atoms with E-state index in [9.17, 15) is 14.4 Å². The largest absolute Gasteiger partial charge is 0.486 e. The van der Waals surface area contributed by atoms with Crippen LogP contribution in [0.1, 0.15) is 57.3 Å². The number of fused-ring (bicyclic) bond motifs is 2. The van der Waals surface area contributed by atoms with Crippen molar-refractivity contribution >= 4 is 48.9 Å². The summed E-state index contributed by atoms with van der Waals surface area (Å²) in [6.45, 7) is 7.49. The van der Waals surface area contributed by atoms with Gasteiger partial charge >= 0.3 is 5.97 Å². The molecule has 0 aliphatic rings. The number of anilines is 1. The van der Waals surface area contributed by atoms with Crippen molar-refractivity contribution in [3.63, 3.8) is 0 Å². The van der Waals surface area contributed by atoms with Crippen molar-refractivity contribution in [2.24, 2.45) is 0 Å². The topological polar surface area (TPSA) is 82.1 Å². The third kappa shape index (κ3) is 7.75. The Bertz CT molecular complexity index is 1620. The first-order valence-electron chi connectivity index (χ1n) is 14.1. The minimum absolute atomic E-state index is 0.0450. The lowest BCUT2D eigenvalue weighted by atomic mass is 10.0. The molecule has 0 N–H and O–H groups in total. The van der Waals surface area contributed by atoms with Crippen LogP contribution in [0.3, 0.4) is 0 Å². The second kappa shape index (κ2) is 13.0. The molecular weight excluding hydrogens is 550 g/mol. The average Bonchev–Trinajstić information content (AvgIpc) is 2.95. The summed E-state index contributed by atoms with van der Waals surface area (Å²) < 4.78 is 19.3. The molecule has 4 aromatic rings. The molecule has 0 unspecified atom stereocenters. The van der Waals surface area contributed by atoms with E-state index < -0.39 is 11.2 Å². The van der Waals surface area contributed by atoms with E-state index >= 15 is 0 Å². The smallest absolute Gasteiger partial charge is 0.338 e. The highest BCUT2D eigenvalue weighted by atomic mass is 32.1. The highest BCUT2D eigenvalue weighted by molar-refractivity contribution is 7.24. The molecule has 0 amide bonds. The summed E-state index contributed by atoms with van der Waals surface area (Å²) in [5.41, 5.74) is -0.172. The molecule has 8 heteroatoms. The molecule has 0 aliphatic heterocycles. The van der Waals surface area contributed by atoms with Gasteiger partial charge < -0.3 is 19.1 Å². The molecule has 0 saturated heterocycles. The minimum atomic E-state index is -1.03. The lowest BCUT2D eigenvalue weighted by Gasteiger charge is -2.26. The number of ether oxygens (including phenoxy) is 3. The molecule has 1 heterocycles. The molecule has 4 rings (SSSR count). The van der Waals surface area contributed by atoms with Crippen molar-refractivity contribution in [2.45, 2.75) is 58.2 Å². The van der Waals surface area contributed by atoms with Gasteiger partial charge in [-0.15, -0.1) is 11.3 Å². The number of Topliss-reactive ketones (excluding diaryl/α,β-unsaturated/α-hetero) is 1. The van der Waals surface area contributed by atoms with Gasteiger partial charge in [0.1, 0.15) is 23.6 Å². The van der Waals surface area contributed by atoms with E-state index in [1.807, 2.05) is 75.3 Å². The number of carbonyl (C=O) groups excluding carboxylic acids is 2. The highest BCUT2D eigenvalue weighted by Gasteiger charge is 2.29. The first-order valence-corrected chi connectivity index (χ1v) is 14.9.